The molecule has 0 bridgehead atoms. The number of hydrogen-bond acceptors (Lipinski definition) is 4. The SMILES string of the molecule is CCc1cc(C(F)(C(F)(F)F)C(F)(F)F)cc(Cl)c1NC(=O)c1cccc(N(C)C(=O)c2ccc(C#N)cc2)c1OC. The van der Waals surface area contributed by atoms with Crippen LogP contribution in [0.4, 0.5) is 42.1 Å². The molecule has 0 aliphatic rings. The second-order valence-corrected chi connectivity index (χ2v) is 9.27. The molecule has 0 heterocycles. The van der Waals surface area contributed by atoms with Gasteiger partial charge in [-0.25, -0.2) is 4.39 Å². The van der Waals surface area contributed by atoms with Crippen molar-refractivity contribution in [3.05, 3.63) is 87.4 Å². The highest BCUT2D eigenvalue weighted by Gasteiger charge is 2.73. The molecular weight excluding hydrogens is 595 g/mol. The first-order valence-electron chi connectivity index (χ1n) is 11.9. The Morgan fingerprint density at radius 2 is 1.60 bits per heavy atom. The molecule has 6 nitrogen and oxygen atoms in total. The van der Waals surface area contributed by atoms with Crippen LogP contribution < -0.4 is 15.0 Å². The summed E-state index contributed by atoms with van der Waals surface area (Å²) in [6, 6.07) is 12.4. The zero-order valence-electron chi connectivity index (χ0n) is 22.0. The quantitative estimate of drug-likeness (QED) is 0.278. The molecule has 0 aliphatic heterocycles. The summed E-state index contributed by atoms with van der Waals surface area (Å²) in [5.74, 6) is -1.55. The Hall–Kier alpha value is -4.31. The van der Waals surface area contributed by atoms with Crippen LogP contribution in [0, 0.1) is 11.3 Å². The first-order chi connectivity index (χ1) is 19.5. The highest BCUT2D eigenvalue weighted by atomic mass is 35.5. The van der Waals surface area contributed by atoms with Gasteiger partial charge in [0.15, 0.2) is 5.75 Å². The molecule has 222 valence electrons. The highest BCUT2D eigenvalue weighted by molar-refractivity contribution is 6.34. The van der Waals surface area contributed by atoms with Gasteiger partial charge in [-0.3, -0.25) is 9.59 Å². The van der Waals surface area contributed by atoms with Gasteiger partial charge in [-0.1, -0.05) is 24.6 Å². The maximum Gasteiger partial charge on any atom is 0.435 e. The molecule has 3 aromatic rings. The van der Waals surface area contributed by atoms with E-state index in [0.29, 0.717) is 11.6 Å². The van der Waals surface area contributed by atoms with Crippen LogP contribution in [0.3, 0.4) is 0 Å². The highest BCUT2D eigenvalue weighted by Crippen LogP contribution is 2.54. The van der Waals surface area contributed by atoms with E-state index in [1.165, 1.54) is 68.4 Å². The molecule has 0 atom stereocenters. The van der Waals surface area contributed by atoms with Crippen LogP contribution in [0.1, 0.15) is 44.3 Å². The molecule has 14 heteroatoms. The monoisotopic (exact) mass is 615 g/mol. The molecule has 0 saturated carbocycles. The van der Waals surface area contributed by atoms with E-state index < -0.39 is 40.4 Å². The van der Waals surface area contributed by atoms with Crippen LogP contribution in [-0.2, 0) is 12.1 Å². The first-order valence-corrected chi connectivity index (χ1v) is 12.3. The molecule has 42 heavy (non-hydrogen) atoms. The third-order valence-corrected chi connectivity index (χ3v) is 6.64. The van der Waals surface area contributed by atoms with Crippen LogP contribution in [0.2, 0.25) is 5.02 Å². The summed E-state index contributed by atoms with van der Waals surface area (Å²) < 4.78 is 99.9. The van der Waals surface area contributed by atoms with E-state index in [-0.39, 0.29) is 46.3 Å². The number of rotatable bonds is 7. The van der Waals surface area contributed by atoms with Crippen molar-refractivity contribution in [3.8, 4) is 11.8 Å². The molecule has 2 amide bonds. The molecule has 0 aromatic heterocycles. The average Bonchev–Trinajstić information content (AvgIpc) is 2.94. The third kappa shape index (κ3) is 5.85. The standard InChI is InChI=1S/C28H21ClF7N3O3/c1-4-16-12-18(26(30,27(31,32)33)28(34,35)36)13-20(29)22(16)38-24(40)19-6-5-7-21(23(19)42-3)39(2)25(41)17-10-8-15(14-37)9-11-17/h5-13H,4H2,1-3H3,(H,38,40). The van der Waals surface area contributed by atoms with Gasteiger partial charge in [-0.2, -0.15) is 31.6 Å². The summed E-state index contributed by atoms with van der Waals surface area (Å²) in [5.41, 5.74) is -7.62. The average molecular weight is 616 g/mol. The van der Waals surface area contributed by atoms with Crippen LogP contribution >= 0.6 is 11.6 Å². The summed E-state index contributed by atoms with van der Waals surface area (Å²) in [5, 5.41) is 10.5. The molecule has 0 radical (unpaired) electrons. The van der Waals surface area contributed by atoms with Gasteiger partial charge >= 0.3 is 18.0 Å². The van der Waals surface area contributed by atoms with Crippen molar-refractivity contribution in [2.24, 2.45) is 0 Å². The minimum Gasteiger partial charge on any atom is -0.494 e. The molecular formula is C28H21ClF7N3O3. The van der Waals surface area contributed by atoms with Gasteiger partial charge in [0.2, 0.25) is 0 Å². The van der Waals surface area contributed by atoms with Gasteiger partial charge in [0.05, 0.1) is 40.7 Å². The number of alkyl halides is 7. The maximum atomic E-state index is 14.7. The number of nitrogens with zero attached hydrogens (tertiary/aromatic N) is 2. The van der Waals surface area contributed by atoms with Crippen LogP contribution in [-0.4, -0.2) is 38.3 Å². The van der Waals surface area contributed by atoms with Crippen molar-refractivity contribution in [2.75, 3.05) is 24.4 Å². The Labute approximate surface area is 240 Å². The van der Waals surface area contributed by atoms with Gasteiger partial charge in [0.1, 0.15) is 0 Å². The van der Waals surface area contributed by atoms with Crippen LogP contribution in [0.5, 0.6) is 5.75 Å². The Balaban J connectivity index is 2.02. The van der Waals surface area contributed by atoms with E-state index in [1.54, 1.807) is 0 Å². The molecule has 0 spiro atoms. The fraction of sp³-hybridized carbons (Fsp3) is 0.250. The van der Waals surface area contributed by atoms with Gasteiger partial charge in [-0.15, -0.1) is 0 Å². The van der Waals surface area contributed by atoms with E-state index in [4.69, 9.17) is 21.6 Å². The zero-order valence-corrected chi connectivity index (χ0v) is 22.8. The minimum absolute atomic E-state index is 0.0952. The molecule has 3 rings (SSSR count). The number of anilines is 2. The van der Waals surface area contributed by atoms with Crippen LogP contribution in [0.25, 0.3) is 0 Å². The third-order valence-electron chi connectivity index (χ3n) is 6.34. The van der Waals surface area contributed by atoms with Crippen molar-refractivity contribution >= 4 is 34.8 Å². The molecule has 1 N–H and O–H groups in total. The van der Waals surface area contributed by atoms with E-state index in [2.05, 4.69) is 5.32 Å². The van der Waals surface area contributed by atoms with Crippen molar-refractivity contribution in [1.82, 2.24) is 0 Å². The van der Waals surface area contributed by atoms with Crippen molar-refractivity contribution in [2.45, 2.75) is 31.4 Å². The zero-order chi connectivity index (χ0) is 31.6. The first kappa shape index (κ1) is 32.2. The summed E-state index contributed by atoms with van der Waals surface area (Å²) in [4.78, 5) is 27.5. The van der Waals surface area contributed by atoms with E-state index >= 15 is 0 Å². The van der Waals surface area contributed by atoms with Crippen molar-refractivity contribution < 1.29 is 45.1 Å². The fourth-order valence-corrected chi connectivity index (χ4v) is 4.41. The number of nitriles is 1. The lowest BCUT2D eigenvalue weighted by molar-refractivity contribution is -0.348. The fourth-order valence-electron chi connectivity index (χ4n) is 4.12. The predicted molar refractivity (Wildman–Crippen MR) is 141 cm³/mol. The molecule has 0 fully saturated rings. The molecule has 0 saturated heterocycles. The number of halogens is 8. The lowest BCUT2D eigenvalue weighted by Crippen LogP contribution is -2.50. The number of aryl methyl sites for hydroxylation is 1. The summed E-state index contributed by atoms with van der Waals surface area (Å²) in [6.45, 7) is 1.36. The van der Waals surface area contributed by atoms with E-state index in [0.717, 1.165) is 0 Å². The van der Waals surface area contributed by atoms with Gasteiger partial charge in [-0.05, 0) is 60.5 Å². The number of ether oxygens (including phenoxy) is 1. The number of amides is 2. The lowest BCUT2D eigenvalue weighted by atomic mass is 9.91. The maximum absolute atomic E-state index is 14.7. The minimum atomic E-state index is -6.35. The Bertz CT molecular complexity index is 1530. The van der Waals surface area contributed by atoms with Crippen molar-refractivity contribution in [1.29, 1.82) is 5.26 Å². The number of methoxy groups -OCH3 is 1. The lowest BCUT2D eigenvalue weighted by Gasteiger charge is -2.31. The van der Waals surface area contributed by atoms with E-state index in [1.807, 2.05) is 6.07 Å². The Kier molecular flexibility index (Phi) is 9.12. The smallest absolute Gasteiger partial charge is 0.435 e. The van der Waals surface area contributed by atoms with E-state index in [9.17, 15) is 40.3 Å². The van der Waals surface area contributed by atoms with Crippen LogP contribution in [0.15, 0.2) is 54.6 Å². The number of nitrogens with one attached hydrogen (secondary N) is 1. The Morgan fingerprint density at radius 1 is 1.00 bits per heavy atom. The Morgan fingerprint density at radius 3 is 2.10 bits per heavy atom. The number of para-hydroxylation sites is 1. The number of benzene rings is 3. The second kappa shape index (κ2) is 11.9. The topological polar surface area (TPSA) is 82.4 Å². The number of carbonyl (C=O) groups is 2. The van der Waals surface area contributed by atoms with Crippen molar-refractivity contribution in [3.63, 3.8) is 0 Å². The molecule has 0 aliphatic carbocycles. The summed E-state index contributed by atoms with van der Waals surface area (Å²) in [6.07, 6.45) is -12.9. The second-order valence-electron chi connectivity index (χ2n) is 8.87. The molecule has 3 aromatic carbocycles. The normalized spacial score (nSPS) is 12.0. The summed E-state index contributed by atoms with van der Waals surface area (Å²) >= 11 is 6.02. The largest absolute Gasteiger partial charge is 0.494 e. The molecule has 0 unspecified atom stereocenters. The number of carbonyl (C=O) groups excluding carboxylic acids is 2. The van der Waals surface area contributed by atoms with Gasteiger partial charge < -0.3 is 15.0 Å². The van der Waals surface area contributed by atoms with Gasteiger partial charge in [0.25, 0.3) is 11.8 Å². The predicted octanol–water partition coefficient (Wildman–Crippen LogP) is 7.60. The summed E-state index contributed by atoms with van der Waals surface area (Å²) in [7, 11) is 2.61. The van der Waals surface area contributed by atoms with Gasteiger partial charge in [0, 0.05) is 18.2 Å². The number of hydrogen-bond donors (Lipinski definition) is 1.